The van der Waals surface area contributed by atoms with Gasteiger partial charge in [-0.25, -0.2) is 4.79 Å². The van der Waals surface area contributed by atoms with Gasteiger partial charge in [-0.05, 0) is 6.42 Å². The number of esters is 1. The number of unbranched alkanes of at least 4 members (excludes halogenated alkanes) is 1. The molecule has 0 aliphatic rings. The van der Waals surface area contributed by atoms with Crippen molar-refractivity contribution in [3.63, 3.8) is 0 Å². The average molecular weight is 262 g/mol. The quantitative estimate of drug-likeness (QED) is 0.463. The second-order valence-electron chi connectivity index (χ2n) is 4.89. The molecular weight excluding hydrogens is 240 g/mol. The van der Waals surface area contributed by atoms with Crippen molar-refractivity contribution in [1.29, 1.82) is 0 Å². The smallest absolute Gasteiger partial charge is 0.329 e. The van der Waals surface area contributed by atoms with E-state index in [1.807, 2.05) is 18.2 Å². The van der Waals surface area contributed by atoms with Gasteiger partial charge in [0, 0.05) is 5.20 Å². The van der Waals surface area contributed by atoms with Crippen molar-refractivity contribution in [3.8, 4) is 0 Å². The van der Waals surface area contributed by atoms with Gasteiger partial charge < -0.3 is 4.74 Å². The second kappa shape index (κ2) is 6.54. The molecule has 1 rings (SSSR count). The highest BCUT2D eigenvalue weighted by Crippen LogP contribution is 2.18. The van der Waals surface area contributed by atoms with Crippen LogP contribution in [-0.4, -0.2) is 21.2 Å². The third-order valence-electron chi connectivity index (χ3n) is 3.21. The summed E-state index contributed by atoms with van der Waals surface area (Å²) < 4.78 is 4.94. The van der Waals surface area contributed by atoms with Gasteiger partial charge in [0.25, 0.3) is 0 Å². The zero-order valence-electron chi connectivity index (χ0n) is 11.7. The largest absolute Gasteiger partial charge is 0.466 e. The number of rotatable bonds is 5. The van der Waals surface area contributed by atoms with E-state index in [0.29, 0.717) is 0 Å². The normalized spacial score (nSPS) is 12.3. The zero-order valence-corrected chi connectivity index (χ0v) is 12.7. The summed E-state index contributed by atoms with van der Waals surface area (Å²) >= 11 is 0. The number of hydrogen-bond donors (Lipinski definition) is 0. The molecule has 3 heteroatoms. The van der Waals surface area contributed by atoms with Crippen LogP contribution in [0.1, 0.15) is 19.8 Å². The van der Waals surface area contributed by atoms with Gasteiger partial charge in [0.1, 0.15) is 8.07 Å². The Morgan fingerprint density at radius 1 is 1.28 bits per heavy atom. The van der Waals surface area contributed by atoms with Gasteiger partial charge in [-0.2, -0.15) is 0 Å². The number of methoxy groups -OCH3 is 1. The number of carbonyl (C=O) groups is 1. The molecule has 0 saturated carbocycles. The molecule has 1 aromatic rings. The molecule has 0 aromatic heterocycles. The molecule has 0 aliphatic heterocycles. The second-order valence-corrected chi connectivity index (χ2v) is 9.26. The predicted molar refractivity (Wildman–Crippen MR) is 78.6 cm³/mol. The molecule has 0 heterocycles. The van der Waals surface area contributed by atoms with Crippen LogP contribution in [0.5, 0.6) is 0 Å². The molecule has 18 heavy (non-hydrogen) atoms. The maximum atomic E-state index is 12.0. The Morgan fingerprint density at radius 3 is 2.39 bits per heavy atom. The summed E-state index contributed by atoms with van der Waals surface area (Å²) in [7, 11) is -0.488. The first-order chi connectivity index (χ1) is 8.54. The minimum Gasteiger partial charge on any atom is -0.466 e. The maximum Gasteiger partial charge on any atom is 0.329 e. The van der Waals surface area contributed by atoms with Crippen LogP contribution < -0.4 is 5.19 Å². The lowest BCUT2D eigenvalue weighted by Gasteiger charge is -2.25. The molecule has 0 fully saturated rings. The number of allylic oxidation sites excluding steroid dienone is 1. The molecule has 0 aliphatic carbocycles. The van der Waals surface area contributed by atoms with Gasteiger partial charge in [0.2, 0.25) is 0 Å². The summed E-state index contributed by atoms with van der Waals surface area (Å²) in [4.78, 5) is 12.0. The SMILES string of the molecule is CCC/C=C(\C(=O)OC)[Si](C)(C)c1ccccc1. The molecule has 2 nitrogen and oxygen atoms in total. The van der Waals surface area contributed by atoms with Crippen molar-refractivity contribution in [2.45, 2.75) is 32.9 Å². The van der Waals surface area contributed by atoms with E-state index < -0.39 is 8.07 Å². The highest BCUT2D eigenvalue weighted by molar-refractivity contribution is 6.98. The van der Waals surface area contributed by atoms with Crippen molar-refractivity contribution in [3.05, 3.63) is 41.6 Å². The van der Waals surface area contributed by atoms with E-state index in [4.69, 9.17) is 4.74 Å². The summed E-state index contributed by atoms with van der Waals surface area (Å²) in [6.45, 7) is 6.50. The van der Waals surface area contributed by atoms with E-state index in [1.54, 1.807) is 0 Å². The first-order valence-electron chi connectivity index (χ1n) is 6.38. The number of benzene rings is 1. The van der Waals surface area contributed by atoms with E-state index in [1.165, 1.54) is 12.3 Å². The Kier molecular flexibility index (Phi) is 5.35. The van der Waals surface area contributed by atoms with E-state index >= 15 is 0 Å². The molecule has 0 spiro atoms. The van der Waals surface area contributed by atoms with Crippen LogP contribution in [0.2, 0.25) is 13.1 Å². The first kappa shape index (κ1) is 14.7. The van der Waals surface area contributed by atoms with Crippen molar-refractivity contribution >= 4 is 19.2 Å². The fraction of sp³-hybridized carbons (Fsp3) is 0.400. The number of ether oxygens (including phenoxy) is 1. The van der Waals surface area contributed by atoms with Crippen molar-refractivity contribution < 1.29 is 9.53 Å². The van der Waals surface area contributed by atoms with Gasteiger partial charge in [-0.3, -0.25) is 0 Å². The predicted octanol–water partition coefficient (Wildman–Crippen LogP) is 3.04. The Morgan fingerprint density at radius 2 is 1.89 bits per heavy atom. The molecule has 0 bridgehead atoms. The fourth-order valence-corrected chi connectivity index (χ4v) is 4.61. The summed E-state index contributed by atoms with van der Waals surface area (Å²) in [5.41, 5.74) is 0. The lowest BCUT2D eigenvalue weighted by Crippen LogP contribution is -2.46. The Balaban J connectivity index is 3.15. The third kappa shape index (κ3) is 3.32. The molecule has 0 saturated heterocycles. The van der Waals surface area contributed by atoms with Crippen molar-refractivity contribution in [1.82, 2.24) is 0 Å². The average Bonchev–Trinajstić information content (AvgIpc) is 2.39. The van der Waals surface area contributed by atoms with Gasteiger partial charge >= 0.3 is 5.97 Å². The van der Waals surface area contributed by atoms with Crippen LogP contribution in [0.25, 0.3) is 0 Å². The highest BCUT2D eigenvalue weighted by Gasteiger charge is 2.33. The molecule has 98 valence electrons. The van der Waals surface area contributed by atoms with Gasteiger partial charge in [-0.15, -0.1) is 0 Å². The van der Waals surface area contributed by atoms with Crippen molar-refractivity contribution in [2.24, 2.45) is 0 Å². The summed E-state index contributed by atoms with van der Waals surface area (Å²) in [6.07, 6.45) is 4.03. The highest BCUT2D eigenvalue weighted by atomic mass is 28.3. The van der Waals surface area contributed by atoms with Crippen LogP contribution in [-0.2, 0) is 9.53 Å². The standard InChI is InChI=1S/C15H22O2Si/c1-5-6-12-14(15(16)17-2)18(3,4)13-10-8-7-9-11-13/h7-12H,5-6H2,1-4H3/b14-12+. The Bertz CT molecular complexity index is 421. The zero-order chi connectivity index (χ0) is 13.6. The fourth-order valence-electron chi connectivity index (χ4n) is 2.00. The third-order valence-corrected chi connectivity index (χ3v) is 6.74. The summed E-state index contributed by atoms with van der Waals surface area (Å²) in [5.74, 6) is -0.177. The minimum absolute atomic E-state index is 0.177. The van der Waals surface area contributed by atoms with E-state index in [9.17, 15) is 4.79 Å². The van der Waals surface area contributed by atoms with Crippen molar-refractivity contribution in [2.75, 3.05) is 7.11 Å². The van der Waals surface area contributed by atoms with E-state index in [-0.39, 0.29) is 5.97 Å². The topological polar surface area (TPSA) is 26.3 Å². The Hall–Kier alpha value is -1.35. The van der Waals surface area contributed by atoms with Gasteiger partial charge in [0.05, 0.1) is 7.11 Å². The Labute approximate surface area is 111 Å². The lowest BCUT2D eigenvalue weighted by atomic mass is 10.3. The number of hydrogen-bond acceptors (Lipinski definition) is 2. The molecule has 1 aromatic carbocycles. The molecule has 0 N–H and O–H groups in total. The molecule has 0 atom stereocenters. The summed E-state index contributed by atoms with van der Waals surface area (Å²) in [5, 5.41) is 2.14. The minimum atomic E-state index is -1.94. The molecular formula is C15H22O2Si. The van der Waals surface area contributed by atoms with Crippen LogP contribution >= 0.6 is 0 Å². The maximum absolute atomic E-state index is 12.0. The van der Waals surface area contributed by atoms with Crippen LogP contribution in [0, 0.1) is 0 Å². The van der Waals surface area contributed by atoms with E-state index in [0.717, 1.165) is 18.0 Å². The van der Waals surface area contributed by atoms with Crippen LogP contribution in [0.3, 0.4) is 0 Å². The van der Waals surface area contributed by atoms with Gasteiger partial charge in [0.15, 0.2) is 0 Å². The lowest BCUT2D eigenvalue weighted by molar-refractivity contribution is -0.135. The van der Waals surface area contributed by atoms with Crippen LogP contribution in [0.4, 0.5) is 0 Å². The first-order valence-corrected chi connectivity index (χ1v) is 9.38. The monoisotopic (exact) mass is 262 g/mol. The van der Waals surface area contributed by atoms with Gasteiger partial charge in [-0.1, -0.05) is 68.0 Å². The van der Waals surface area contributed by atoms with Crippen LogP contribution in [0.15, 0.2) is 41.6 Å². The molecule has 0 radical (unpaired) electrons. The molecule has 0 unspecified atom stereocenters. The molecule has 0 amide bonds. The number of carbonyl (C=O) groups excluding carboxylic acids is 1. The van der Waals surface area contributed by atoms with E-state index in [2.05, 4.69) is 38.2 Å². The summed E-state index contributed by atoms with van der Waals surface area (Å²) in [6, 6.07) is 10.3.